The largest absolute Gasteiger partial charge is 0.277 e. The molecule has 9 heterocycles. The van der Waals surface area contributed by atoms with Gasteiger partial charge in [-0.2, -0.15) is 0 Å². The molecule has 420 valence electrons. The van der Waals surface area contributed by atoms with Gasteiger partial charge in [-0.05, 0) is 81.5 Å². The molecule has 0 radical (unpaired) electrons. The van der Waals surface area contributed by atoms with Crippen molar-refractivity contribution in [3.05, 3.63) is 274 Å². The molecule has 12 heteroatoms. The lowest BCUT2D eigenvalue weighted by Gasteiger charge is -2.09. The zero-order valence-corrected chi connectivity index (χ0v) is 50.2. The molecule has 9 aromatic heterocycles. The number of nitrogens with zero attached hydrogens (tertiary/aromatic N) is 9. The van der Waals surface area contributed by atoms with Crippen molar-refractivity contribution in [3.63, 3.8) is 0 Å². The second-order valence-electron chi connectivity index (χ2n) is 22.4. The van der Waals surface area contributed by atoms with E-state index in [0.29, 0.717) is 17.8 Å². The van der Waals surface area contributed by atoms with E-state index in [0.717, 1.165) is 16.6 Å². The molecule has 0 fully saturated rings. The Hall–Kier alpha value is -11.3. The summed E-state index contributed by atoms with van der Waals surface area (Å²) in [6.45, 7) is 0. The van der Waals surface area contributed by atoms with E-state index in [1.54, 1.807) is 0 Å². The molecular weight excluding hydrogens is 1160 g/mol. The SMILES string of the molecule is c1cnc(-n2c3ccc4ccccc4c3c3ccc4c5ccccc5sc4c32)nc1.c1cnc(-n2c3ccccc3c3c4ccccc4c4c5ccccc5sc4c32)nc1.c1cnc(-n2c3ccccc3c3c4sc5ccccc5c4c4ccccc4c32)nc1. The number of hydrogen-bond acceptors (Lipinski definition) is 9. The summed E-state index contributed by atoms with van der Waals surface area (Å²) in [5.41, 5.74) is 6.96. The van der Waals surface area contributed by atoms with Gasteiger partial charge in [0.25, 0.3) is 0 Å². The van der Waals surface area contributed by atoms with Gasteiger partial charge in [-0.15, -0.1) is 34.0 Å². The monoisotopic (exact) mass is 1200 g/mol. The predicted octanol–water partition coefficient (Wildman–Crippen LogP) is 21.3. The number of rotatable bonds is 3. The zero-order chi connectivity index (χ0) is 59.0. The zero-order valence-electron chi connectivity index (χ0n) is 47.7. The van der Waals surface area contributed by atoms with Crippen LogP contribution in [0.3, 0.4) is 0 Å². The van der Waals surface area contributed by atoms with Gasteiger partial charge in [0.2, 0.25) is 17.8 Å². The lowest BCUT2D eigenvalue weighted by Crippen LogP contribution is -2.00. The molecule has 21 rings (SSSR count). The first kappa shape index (κ1) is 50.8. The van der Waals surface area contributed by atoms with Gasteiger partial charge in [0.15, 0.2) is 0 Å². The molecule has 0 spiro atoms. The first-order valence-corrected chi connectivity index (χ1v) is 32.3. The molecule has 12 aromatic carbocycles. The molecule has 0 bridgehead atoms. The molecule has 0 saturated heterocycles. The minimum Gasteiger partial charge on any atom is -0.277 e. The quantitative estimate of drug-likeness (QED) is 0.175. The lowest BCUT2D eigenvalue weighted by atomic mass is 9.99. The maximum atomic E-state index is 4.62. The van der Waals surface area contributed by atoms with E-state index < -0.39 is 0 Å². The fourth-order valence-electron chi connectivity index (χ4n) is 14.1. The third kappa shape index (κ3) is 7.47. The maximum absolute atomic E-state index is 4.62. The highest BCUT2D eigenvalue weighted by Crippen LogP contribution is 2.50. The Kier molecular flexibility index (Phi) is 11.4. The number of benzene rings is 12. The Bertz CT molecular complexity index is 6440. The van der Waals surface area contributed by atoms with Gasteiger partial charge in [0, 0.05) is 126 Å². The van der Waals surface area contributed by atoms with Crippen LogP contribution in [0.5, 0.6) is 0 Å². The Morgan fingerprint density at radius 1 is 0.211 bits per heavy atom. The van der Waals surface area contributed by atoms with Crippen LogP contribution in [0, 0.1) is 0 Å². The van der Waals surface area contributed by atoms with Gasteiger partial charge < -0.3 is 0 Å². The number of thiophene rings is 3. The van der Waals surface area contributed by atoms with Gasteiger partial charge >= 0.3 is 0 Å². The summed E-state index contributed by atoms with van der Waals surface area (Å²) >= 11 is 5.57. The van der Waals surface area contributed by atoms with Gasteiger partial charge in [-0.25, -0.2) is 29.9 Å². The number of fused-ring (bicyclic) bond motifs is 29. The average molecular weight is 1200 g/mol. The van der Waals surface area contributed by atoms with Gasteiger partial charge in [0.1, 0.15) is 0 Å². The van der Waals surface area contributed by atoms with E-state index in [4.69, 9.17) is 0 Å². The average Bonchev–Trinajstić information content (AvgIpc) is 1.56. The van der Waals surface area contributed by atoms with Crippen molar-refractivity contribution in [2.75, 3.05) is 0 Å². The van der Waals surface area contributed by atoms with Crippen LogP contribution in [0.25, 0.3) is 176 Å². The summed E-state index contributed by atoms with van der Waals surface area (Å²) < 4.78 is 14.5. The molecule has 0 aliphatic carbocycles. The van der Waals surface area contributed by atoms with Crippen LogP contribution in [-0.2, 0) is 0 Å². The third-order valence-corrected chi connectivity index (χ3v) is 21.3. The van der Waals surface area contributed by atoms with E-state index in [1.807, 2.05) is 89.4 Å². The Morgan fingerprint density at radius 2 is 0.611 bits per heavy atom. The molecule has 0 aliphatic heterocycles. The molecular formula is C78H45N9S3. The Morgan fingerprint density at radius 3 is 1.21 bits per heavy atom. The summed E-state index contributed by atoms with van der Waals surface area (Å²) in [5.74, 6) is 2.12. The van der Waals surface area contributed by atoms with Crippen molar-refractivity contribution in [2.24, 2.45) is 0 Å². The topological polar surface area (TPSA) is 92.1 Å². The highest BCUT2D eigenvalue weighted by atomic mass is 32.1. The summed E-state index contributed by atoms with van der Waals surface area (Å²) in [5, 5.41) is 23.0. The van der Waals surface area contributed by atoms with Crippen molar-refractivity contribution < 1.29 is 0 Å². The van der Waals surface area contributed by atoms with Crippen molar-refractivity contribution in [2.45, 2.75) is 0 Å². The van der Waals surface area contributed by atoms with Crippen LogP contribution in [0.1, 0.15) is 0 Å². The van der Waals surface area contributed by atoms with Crippen LogP contribution in [0.2, 0.25) is 0 Å². The molecule has 0 unspecified atom stereocenters. The number of aromatic nitrogens is 9. The van der Waals surface area contributed by atoms with Crippen LogP contribution in [0.4, 0.5) is 0 Å². The summed E-state index contributed by atoms with van der Waals surface area (Å²) in [6.07, 6.45) is 10.9. The number of para-hydroxylation sites is 2. The van der Waals surface area contributed by atoms with Gasteiger partial charge in [-0.1, -0.05) is 182 Å². The van der Waals surface area contributed by atoms with E-state index in [2.05, 4.69) is 262 Å². The second kappa shape index (κ2) is 20.1. The molecule has 0 N–H and O–H groups in total. The smallest absolute Gasteiger partial charge is 0.234 e. The predicted molar refractivity (Wildman–Crippen MR) is 380 cm³/mol. The van der Waals surface area contributed by atoms with E-state index in [-0.39, 0.29) is 0 Å². The minimum absolute atomic E-state index is 0.703. The maximum Gasteiger partial charge on any atom is 0.234 e. The second-order valence-corrected chi connectivity index (χ2v) is 25.6. The summed E-state index contributed by atoms with van der Waals surface area (Å²) in [4.78, 5) is 27.7. The molecule has 21 aromatic rings. The third-order valence-electron chi connectivity index (χ3n) is 17.7. The molecule has 0 saturated carbocycles. The standard InChI is InChI=1S/3C26H15N3S/c1-2-9-17-16(8-1)22-19-11-4-6-13-21(19)30-25(22)23-18-10-3-5-12-20(18)29(24(17)23)26-27-14-7-15-28-26;1-2-9-17-16(8-1)22-18-10-3-5-12-20(18)29(26-27-14-7-15-28-26)24(22)25-23(17)19-11-4-6-13-21(19)30-25;1-2-7-17-16(6-1)10-13-21-23(17)20-12-11-19-18-8-3-4-9-22(18)30-25(19)24(20)29(21)26-27-14-5-15-28-26/h3*1-15H. The van der Waals surface area contributed by atoms with E-state index in [1.165, 1.54) is 142 Å². The van der Waals surface area contributed by atoms with Crippen LogP contribution >= 0.6 is 34.0 Å². The van der Waals surface area contributed by atoms with E-state index >= 15 is 0 Å². The molecule has 90 heavy (non-hydrogen) atoms. The van der Waals surface area contributed by atoms with Crippen molar-refractivity contribution in [1.82, 2.24) is 43.6 Å². The van der Waals surface area contributed by atoms with Crippen LogP contribution < -0.4 is 0 Å². The molecule has 0 amide bonds. The van der Waals surface area contributed by atoms with Crippen molar-refractivity contribution >= 4 is 192 Å². The lowest BCUT2D eigenvalue weighted by molar-refractivity contribution is 0.991. The van der Waals surface area contributed by atoms with Crippen LogP contribution in [0.15, 0.2) is 274 Å². The molecule has 9 nitrogen and oxygen atoms in total. The normalized spacial score (nSPS) is 12.0. The number of hydrogen-bond donors (Lipinski definition) is 0. The Balaban J connectivity index is 0.0000000972. The summed E-state index contributed by atoms with van der Waals surface area (Å²) in [6, 6.07) is 83.8. The molecule has 0 atom stereocenters. The fourth-order valence-corrected chi connectivity index (χ4v) is 17.9. The minimum atomic E-state index is 0.703. The first-order valence-electron chi connectivity index (χ1n) is 29.8. The van der Waals surface area contributed by atoms with Crippen LogP contribution in [-0.4, -0.2) is 43.6 Å². The van der Waals surface area contributed by atoms with Gasteiger partial charge in [0.05, 0.1) is 42.5 Å². The molecule has 0 aliphatic rings. The van der Waals surface area contributed by atoms with Crippen molar-refractivity contribution in [3.8, 4) is 17.8 Å². The Labute approximate surface area is 523 Å². The van der Waals surface area contributed by atoms with E-state index in [9.17, 15) is 0 Å². The first-order chi connectivity index (χ1) is 44.7. The van der Waals surface area contributed by atoms with Gasteiger partial charge in [-0.3, -0.25) is 13.7 Å². The highest BCUT2D eigenvalue weighted by molar-refractivity contribution is 7.27. The van der Waals surface area contributed by atoms with Crippen molar-refractivity contribution in [1.29, 1.82) is 0 Å². The summed E-state index contributed by atoms with van der Waals surface area (Å²) in [7, 11) is 0. The fraction of sp³-hybridized carbons (Fsp3) is 0. The highest BCUT2D eigenvalue weighted by Gasteiger charge is 2.25.